The molecule has 0 fully saturated rings. The van der Waals surface area contributed by atoms with Crippen molar-refractivity contribution in [1.82, 2.24) is 15.3 Å². The maximum atomic E-state index is 5.69. The van der Waals surface area contributed by atoms with Crippen LogP contribution in [-0.2, 0) is 0 Å². The zero-order chi connectivity index (χ0) is 16.6. The molecule has 0 saturated carbocycles. The number of hydrazone groups is 1. The number of ether oxygens (including phenoxy) is 1. The average Bonchev–Trinajstić information content (AvgIpc) is 3.08. The Hall–Kier alpha value is -2.96. The van der Waals surface area contributed by atoms with E-state index in [-0.39, 0.29) is 0 Å². The molecule has 0 saturated heterocycles. The molecule has 0 unspecified atom stereocenters. The largest absolute Gasteiger partial charge is 0.494 e. The molecule has 0 bridgehead atoms. The highest BCUT2D eigenvalue weighted by molar-refractivity contribution is 5.80. The van der Waals surface area contributed by atoms with Crippen LogP contribution in [0.2, 0.25) is 0 Å². The van der Waals surface area contributed by atoms with Gasteiger partial charge in [-0.25, -0.2) is 0 Å². The van der Waals surface area contributed by atoms with Gasteiger partial charge in [-0.05, 0) is 42.3 Å². The van der Waals surface area contributed by atoms with Crippen LogP contribution in [0.1, 0.15) is 31.7 Å². The molecule has 0 aliphatic rings. The first kappa shape index (κ1) is 15.9. The van der Waals surface area contributed by atoms with Crippen LogP contribution >= 0.6 is 0 Å². The summed E-state index contributed by atoms with van der Waals surface area (Å²) in [5.74, 6) is 1.53. The van der Waals surface area contributed by atoms with Crippen LogP contribution in [0.3, 0.4) is 0 Å². The quantitative estimate of drug-likeness (QED) is 0.289. The van der Waals surface area contributed by atoms with Gasteiger partial charge in [0.1, 0.15) is 5.75 Å². The minimum atomic E-state index is 0.640. The van der Waals surface area contributed by atoms with Gasteiger partial charge in [-0.3, -0.25) is 5.43 Å². The molecule has 0 amide bonds. The van der Waals surface area contributed by atoms with Gasteiger partial charge in [-0.2, -0.15) is 5.10 Å². The summed E-state index contributed by atoms with van der Waals surface area (Å²) < 4.78 is 7.33. The summed E-state index contributed by atoms with van der Waals surface area (Å²) >= 11 is 0. The Labute approximate surface area is 140 Å². The van der Waals surface area contributed by atoms with Crippen molar-refractivity contribution in [3.8, 4) is 5.75 Å². The summed E-state index contributed by atoms with van der Waals surface area (Å²) in [5.41, 5.74) is 4.64. The molecule has 7 heteroatoms. The maximum Gasteiger partial charge on any atom is 0.325 e. The first-order valence-electron chi connectivity index (χ1n) is 8.09. The van der Waals surface area contributed by atoms with Gasteiger partial charge in [-0.1, -0.05) is 24.9 Å². The Balaban J connectivity index is 1.52. The molecular weight excluding hydrogens is 304 g/mol. The summed E-state index contributed by atoms with van der Waals surface area (Å²) in [6.07, 6.45) is 6.91. The Morgan fingerprint density at radius 3 is 2.92 bits per heavy atom. The SMILES string of the molecule is CCCCCOc1ccc(/C=N/Nc2ccc3n[nH]c[n+]3n2)cc1. The number of H-pyrrole nitrogens is 1. The Morgan fingerprint density at radius 1 is 1.21 bits per heavy atom. The highest BCUT2D eigenvalue weighted by Gasteiger charge is 2.04. The molecule has 0 aliphatic carbocycles. The van der Waals surface area contributed by atoms with E-state index in [4.69, 9.17) is 4.74 Å². The van der Waals surface area contributed by atoms with Crippen molar-refractivity contribution >= 4 is 17.7 Å². The summed E-state index contributed by atoms with van der Waals surface area (Å²) in [5, 5.41) is 15.3. The van der Waals surface area contributed by atoms with Crippen molar-refractivity contribution in [3.05, 3.63) is 48.3 Å². The van der Waals surface area contributed by atoms with E-state index in [0.717, 1.165) is 30.0 Å². The van der Waals surface area contributed by atoms with Gasteiger partial charge < -0.3 is 4.74 Å². The lowest BCUT2D eigenvalue weighted by Crippen LogP contribution is -2.24. The monoisotopic (exact) mass is 325 g/mol. The number of rotatable bonds is 8. The number of fused-ring (bicyclic) bond motifs is 1. The Morgan fingerprint density at radius 2 is 2.08 bits per heavy atom. The van der Waals surface area contributed by atoms with Gasteiger partial charge in [-0.15, -0.1) is 9.61 Å². The molecule has 7 nitrogen and oxygen atoms in total. The predicted molar refractivity (Wildman–Crippen MR) is 92.2 cm³/mol. The molecule has 0 atom stereocenters. The molecule has 0 spiro atoms. The average molecular weight is 325 g/mol. The lowest BCUT2D eigenvalue weighted by Gasteiger charge is -2.05. The van der Waals surface area contributed by atoms with Gasteiger partial charge in [0.25, 0.3) is 0 Å². The third-order valence-corrected chi connectivity index (χ3v) is 3.49. The molecule has 2 aromatic heterocycles. The van der Waals surface area contributed by atoms with Gasteiger partial charge in [0.05, 0.1) is 12.8 Å². The van der Waals surface area contributed by atoms with E-state index in [0.29, 0.717) is 5.82 Å². The summed E-state index contributed by atoms with van der Waals surface area (Å²) in [6.45, 7) is 2.95. The smallest absolute Gasteiger partial charge is 0.325 e. The minimum Gasteiger partial charge on any atom is -0.494 e. The van der Waals surface area contributed by atoms with E-state index >= 15 is 0 Å². The second kappa shape index (κ2) is 8.05. The molecule has 2 N–H and O–H groups in total. The first-order valence-corrected chi connectivity index (χ1v) is 8.09. The van der Waals surface area contributed by atoms with Crippen molar-refractivity contribution < 1.29 is 9.25 Å². The molecule has 124 valence electrons. The first-order chi connectivity index (χ1) is 11.8. The van der Waals surface area contributed by atoms with E-state index < -0.39 is 0 Å². The highest BCUT2D eigenvalue weighted by atomic mass is 16.5. The molecule has 24 heavy (non-hydrogen) atoms. The number of aromatic amines is 1. The lowest BCUT2D eigenvalue weighted by molar-refractivity contribution is -0.579. The fourth-order valence-corrected chi connectivity index (χ4v) is 2.19. The Kier molecular flexibility index (Phi) is 5.34. The van der Waals surface area contributed by atoms with Crippen LogP contribution in [-0.4, -0.2) is 28.1 Å². The molecule has 3 aromatic rings. The maximum absolute atomic E-state index is 5.69. The van der Waals surface area contributed by atoms with Crippen LogP contribution in [0.25, 0.3) is 5.65 Å². The minimum absolute atomic E-state index is 0.640. The van der Waals surface area contributed by atoms with E-state index in [1.807, 2.05) is 36.4 Å². The van der Waals surface area contributed by atoms with Crippen molar-refractivity contribution in [3.63, 3.8) is 0 Å². The van der Waals surface area contributed by atoms with E-state index in [2.05, 4.69) is 32.7 Å². The summed E-state index contributed by atoms with van der Waals surface area (Å²) in [4.78, 5) is 0. The van der Waals surface area contributed by atoms with Crippen LogP contribution < -0.4 is 14.7 Å². The van der Waals surface area contributed by atoms with Crippen LogP contribution in [0.5, 0.6) is 5.75 Å². The van der Waals surface area contributed by atoms with Crippen molar-refractivity contribution in [2.24, 2.45) is 5.10 Å². The molecular formula is C17H21N6O+. The van der Waals surface area contributed by atoms with Gasteiger partial charge >= 0.3 is 5.65 Å². The number of benzene rings is 1. The highest BCUT2D eigenvalue weighted by Crippen LogP contribution is 2.12. The number of aromatic nitrogens is 4. The predicted octanol–water partition coefficient (Wildman–Crippen LogP) is 2.56. The molecule has 0 aliphatic heterocycles. The van der Waals surface area contributed by atoms with E-state index in [9.17, 15) is 0 Å². The number of hydrogen-bond acceptors (Lipinski definition) is 5. The topological polar surface area (TPSA) is 79.3 Å². The zero-order valence-corrected chi connectivity index (χ0v) is 13.6. The third kappa shape index (κ3) is 4.28. The van der Waals surface area contributed by atoms with E-state index in [1.54, 1.807) is 17.1 Å². The molecule has 1 aromatic carbocycles. The normalized spacial score (nSPS) is 11.2. The van der Waals surface area contributed by atoms with Gasteiger partial charge in [0.2, 0.25) is 6.33 Å². The number of nitrogens with one attached hydrogen (secondary N) is 2. The van der Waals surface area contributed by atoms with Gasteiger partial charge in [0.15, 0.2) is 5.82 Å². The Bertz CT molecular complexity index is 796. The van der Waals surface area contributed by atoms with Crippen molar-refractivity contribution in [2.75, 3.05) is 12.0 Å². The fourth-order valence-electron chi connectivity index (χ4n) is 2.19. The molecule has 3 rings (SSSR count). The lowest BCUT2D eigenvalue weighted by atomic mass is 10.2. The number of nitrogens with zero attached hydrogens (tertiary/aromatic N) is 4. The second-order valence-electron chi connectivity index (χ2n) is 5.39. The zero-order valence-electron chi connectivity index (χ0n) is 13.6. The summed E-state index contributed by atoms with van der Waals surface area (Å²) in [6, 6.07) is 11.5. The third-order valence-electron chi connectivity index (χ3n) is 3.49. The summed E-state index contributed by atoms with van der Waals surface area (Å²) in [7, 11) is 0. The molecule has 0 radical (unpaired) electrons. The van der Waals surface area contributed by atoms with Crippen LogP contribution in [0, 0.1) is 0 Å². The number of anilines is 1. The standard InChI is InChI=1S/C17H20N6O/c1-2-3-4-11-24-15-7-5-14(6-8-15)12-18-20-16-9-10-17-21-19-13-23(17)22-16/h5-10,12-13H,2-4,11H2,1H3,(H,20,22)/p+1/b18-12+. The van der Waals surface area contributed by atoms with Crippen LogP contribution in [0.15, 0.2) is 47.8 Å². The number of unbranched alkanes of at least 4 members (excludes halogenated alkanes) is 2. The second-order valence-corrected chi connectivity index (χ2v) is 5.39. The van der Waals surface area contributed by atoms with E-state index in [1.165, 1.54) is 12.8 Å². The van der Waals surface area contributed by atoms with Crippen LogP contribution in [0.4, 0.5) is 5.82 Å². The van der Waals surface area contributed by atoms with Crippen molar-refractivity contribution in [2.45, 2.75) is 26.2 Å². The fraction of sp³-hybridized carbons (Fsp3) is 0.294. The van der Waals surface area contributed by atoms with Gasteiger partial charge in [0, 0.05) is 11.2 Å². The molecule has 2 heterocycles. The van der Waals surface area contributed by atoms with Crippen molar-refractivity contribution in [1.29, 1.82) is 0 Å². The number of hydrogen-bond donors (Lipinski definition) is 2.